The first-order chi connectivity index (χ1) is 29.7. The van der Waals surface area contributed by atoms with Crippen molar-refractivity contribution in [3.63, 3.8) is 0 Å². The molecule has 5 aromatic rings. The minimum absolute atomic E-state index is 0.0260. The molecule has 0 fully saturated rings. The maximum absolute atomic E-state index is 10.9. The van der Waals surface area contributed by atoms with Crippen LogP contribution in [0, 0.1) is 51.4 Å². The third kappa shape index (κ3) is 20.7. The highest BCUT2D eigenvalue weighted by Gasteiger charge is 2.18. The number of pyridine rings is 3. The number of nitrogens with zero attached hydrogens (tertiary/aromatic N) is 4. The van der Waals surface area contributed by atoms with E-state index in [1.54, 1.807) is 81.1 Å². The Balaban J connectivity index is 0.000000299. The van der Waals surface area contributed by atoms with Crippen molar-refractivity contribution in [1.82, 2.24) is 14.6 Å². The van der Waals surface area contributed by atoms with E-state index in [1.807, 2.05) is 13.8 Å². The standard InChI is InChI=1S/C14H22ClN2O2Si.C14H20ClNO2Si.C9H12O3S.C8H7ClN2O/c1-5-6-13-14(9-12(15)10-17(13)16)19-11-18-7-8-20(2,3)4;1-5-6-13-14(9-12(15)10-16-13)18-11-17-7-8-19(2,3)4;1-6-4-7(2)9(8(3)5-6)13(10,11)12;1-5-2-7-8(12)3-6(9)4-11(7)10-5/h9-10H,7-8,11,16H2,1-4H3;9-10H,7-8,11H2,1-4H3;4-5H,1-3H3,(H,10,11,12);2-4,12H,1H3/q+1;;;. The second-order valence-corrected chi connectivity index (χ2v) is 30.8. The Kier molecular flexibility index (Phi) is 22.6. The van der Waals surface area contributed by atoms with Gasteiger partial charge in [0.25, 0.3) is 10.1 Å². The Morgan fingerprint density at radius 2 is 1.31 bits per heavy atom. The number of ether oxygens (including phenoxy) is 4. The second kappa shape index (κ2) is 26.0. The van der Waals surface area contributed by atoms with E-state index in [0.717, 1.165) is 30.0 Å². The summed E-state index contributed by atoms with van der Waals surface area (Å²) >= 11 is 17.6. The lowest BCUT2D eigenvalue weighted by Crippen LogP contribution is -2.47. The zero-order valence-electron chi connectivity index (χ0n) is 38.7. The van der Waals surface area contributed by atoms with Crippen molar-refractivity contribution in [2.24, 2.45) is 0 Å². The third-order valence-electron chi connectivity index (χ3n) is 8.42. The lowest BCUT2D eigenvalue weighted by atomic mass is 10.1. The number of hydrogen-bond donors (Lipinski definition) is 3. The van der Waals surface area contributed by atoms with Crippen molar-refractivity contribution in [2.45, 2.75) is 97.8 Å². The Hall–Kier alpha value is -4.34. The van der Waals surface area contributed by atoms with Crippen LogP contribution in [0.25, 0.3) is 5.52 Å². The summed E-state index contributed by atoms with van der Waals surface area (Å²) in [4.78, 5) is 4.15. The molecule has 0 atom stereocenters. The van der Waals surface area contributed by atoms with Crippen LogP contribution in [0.3, 0.4) is 0 Å². The van der Waals surface area contributed by atoms with E-state index < -0.39 is 26.3 Å². The number of hydrogen-bond acceptors (Lipinski definition) is 10. The van der Waals surface area contributed by atoms with Gasteiger partial charge in [-0.25, -0.2) is 15.3 Å². The summed E-state index contributed by atoms with van der Waals surface area (Å²) in [5.41, 5.74) is 4.85. The Morgan fingerprint density at radius 3 is 1.83 bits per heavy atom. The van der Waals surface area contributed by atoms with Gasteiger partial charge in [0.2, 0.25) is 11.9 Å². The van der Waals surface area contributed by atoms with Crippen molar-refractivity contribution in [3.05, 3.63) is 104 Å². The van der Waals surface area contributed by atoms with E-state index in [2.05, 4.69) is 73.0 Å². The predicted octanol–water partition coefficient (Wildman–Crippen LogP) is 10.1. The van der Waals surface area contributed by atoms with Gasteiger partial charge in [0.1, 0.15) is 16.3 Å². The topological polar surface area (TPSA) is 172 Å². The minimum Gasteiger partial charge on any atom is -0.506 e. The van der Waals surface area contributed by atoms with Gasteiger partial charge in [-0.2, -0.15) is 13.5 Å². The largest absolute Gasteiger partial charge is 0.506 e. The van der Waals surface area contributed by atoms with E-state index in [4.69, 9.17) is 64.1 Å². The number of aryl methyl sites for hydroxylation is 4. The van der Waals surface area contributed by atoms with Gasteiger partial charge >= 0.3 is 5.69 Å². The predicted molar refractivity (Wildman–Crippen MR) is 262 cm³/mol. The fraction of sp³-hybridized carbons (Fsp3) is 0.400. The summed E-state index contributed by atoms with van der Waals surface area (Å²) in [5, 5.41) is 15.0. The fourth-order valence-electron chi connectivity index (χ4n) is 5.48. The monoisotopic (exact) mass is 992 g/mol. The molecular weight excluding hydrogens is 933 g/mol. The SMILES string of the molecule is CC#Cc1c(OCOCC[Si](C)(C)C)cc(Cl)c[n+]1N.CC#Cc1ncc(Cl)cc1OCOCC[Si](C)(C)C.Cc1cc(C)c(S(=O)(=O)O)c(C)c1.Cc1cc2c(O)cc(Cl)cn2n1. The molecular formula is C45H61Cl3N5O8SSi2+. The number of nitrogen functional groups attached to an aromatic ring is 1. The van der Waals surface area contributed by atoms with Crippen LogP contribution in [-0.4, -0.2) is 75.6 Å². The van der Waals surface area contributed by atoms with Crippen LogP contribution in [-0.2, 0) is 19.6 Å². The summed E-state index contributed by atoms with van der Waals surface area (Å²) in [6.45, 7) is 26.2. The smallest absolute Gasteiger partial charge is 0.327 e. The van der Waals surface area contributed by atoms with E-state index in [1.165, 1.54) is 10.7 Å². The maximum atomic E-state index is 10.9. The van der Waals surface area contributed by atoms with E-state index in [9.17, 15) is 13.5 Å². The molecule has 13 nitrogen and oxygen atoms in total. The molecule has 0 spiro atoms. The molecule has 4 N–H and O–H groups in total. The first-order valence-electron chi connectivity index (χ1n) is 20.1. The third-order valence-corrected chi connectivity index (χ3v) is 13.6. The highest BCUT2D eigenvalue weighted by Crippen LogP contribution is 2.24. The van der Waals surface area contributed by atoms with Crippen LogP contribution >= 0.6 is 34.8 Å². The Morgan fingerprint density at radius 1 is 0.781 bits per heavy atom. The van der Waals surface area contributed by atoms with Crippen LogP contribution in [0.15, 0.2) is 59.9 Å². The molecule has 19 heteroatoms. The van der Waals surface area contributed by atoms with Gasteiger partial charge in [0, 0.05) is 65.9 Å². The molecule has 0 bridgehead atoms. The molecule has 0 unspecified atom stereocenters. The molecule has 0 aliphatic carbocycles. The second-order valence-electron chi connectivity index (χ2n) is 16.9. The number of nitrogens with two attached hydrogens (primary N) is 1. The van der Waals surface area contributed by atoms with Gasteiger partial charge in [-0.3, -0.25) is 4.55 Å². The average Bonchev–Trinajstić information content (AvgIpc) is 3.53. The molecule has 4 aromatic heterocycles. The lowest BCUT2D eigenvalue weighted by Gasteiger charge is -2.15. The summed E-state index contributed by atoms with van der Waals surface area (Å²) in [6, 6.07) is 12.4. The molecule has 0 saturated carbocycles. The highest BCUT2D eigenvalue weighted by molar-refractivity contribution is 7.86. The number of aromatic hydroxyl groups is 1. The minimum atomic E-state index is -4.08. The van der Waals surface area contributed by atoms with Gasteiger partial charge < -0.3 is 24.1 Å². The van der Waals surface area contributed by atoms with Crippen LogP contribution in [0.5, 0.6) is 17.2 Å². The first kappa shape index (κ1) is 55.8. The molecule has 5 rings (SSSR count). The highest BCUT2D eigenvalue weighted by atomic mass is 35.5. The van der Waals surface area contributed by atoms with Crippen LogP contribution in [0.4, 0.5) is 0 Å². The quantitative estimate of drug-likeness (QED) is 0.0195. The van der Waals surface area contributed by atoms with E-state index in [0.29, 0.717) is 61.2 Å². The van der Waals surface area contributed by atoms with Crippen molar-refractivity contribution in [2.75, 3.05) is 32.6 Å². The van der Waals surface area contributed by atoms with Gasteiger partial charge in [0.05, 0.1) is 20.6 Å². The molecule has 348 valence electrons. The maximum Gasteiger partial charge on any atom is 0.327 e. The number of benzene rings is 1. The molecule has 0 amide bonds. The van der Waals surface area contributed by atoms with Gasteiger partial charge in [0.15, 0.2) is 25.0 Å². The summed E-state index contributed by atoms with van der Waals surface area (Å²) in [5.74, 6) is 18.4. The molecule has 0 radical (unpaired) electrons. The normalized spacial score (nSPS) is 11.0. The lowest BCUT2D eigenvalue weighted by molar-refractivity contribution is -0.641. The molecule has 0 saturated heterocycles. The van der Waals surface area contributed by atoms with Crippen molar-refractivity contribution in [1.29, 1.82) is 0 Å². The summed E-state index contributed by atoms with van der Waals surface area (Å²) in [6.07, 6.45) is 4.80. The molecule has 64 heavy (non-hydrogen) atoms. The Labute approximate surface area is 395 Å². The molecule has 4 heterocycles. The van der Waals surface area contributed by atoms with Crippen molar-refractivity contribution >= 4 is 66.6 Å². The zero-order chi connectivity index (χ0) is 48.4. The van der Waals surface area contributed by atoms with Gasteiger partial charge in [-0.05, 0) is 76.7 Å². The van der Waals surface area contributed by atoms with Crippen molar-refractivity contribution in [3.8, 4) is 40.9 Å². The average molecular weight is 995 g/mol. The van der Waals surface area contributed by atoms with Crippen LogP contribution < -0.4 is 20.0 Å². The van der Waals surface area contributed by atoms with Crippen molar-refractivity contribution < 1.29 is 41.7 Å². The van der Waals surface area contributed by atoms with Crippen LogP contribution in [0.1, 0.15) is 47.6 Å². The zero-order valence-corrected chi connectivity index (χ0v) is 43.8. The summed E-state index contributed by atoms with van der Waals surface area (Å²) in [7, 11) is -6.21. The number of aromatic nitrogens is 4. The Bertz CT molecular complexity index is 2550. The van der Waals surface area contributed by atoms with Gasteiger partial charge in [-0.1, -0.05) is 108 Å². The van der Waals surface area contributed by atoms with Crippen LogP contribution in [0.2, 0.25) is 66.4 Å². The first-order valence-corrected chi connectivity index (χ1v) is 30.1. The number of halogens is 3. The fourth-order valence-corrected chi connectivity index (χ4v) is 8.47. The molecule has 0 aliphatic rings. The van der Waals surface area contributed by atoms with Gasteiger partial charge in [-0.15, -0.1) is 0 Å². The van der Waals surface area contributed by atoms with E-state index in [-0.39, 0.29) is 24.2 Å². The molecule has 0 aliphatic heterocycles. The number of rotatable bonds is 13. The number of fused-ring (bicyclic) bond motifs is 1. The van der Waals surface area contributed by atoms with E-state index >= 15 is 0 Å². The summed E-state index contributed by atoms with van der Waals surface area (Å²) < 4.78 is 55.8. The molecule has 1 aromatic carbocycles.